The lowest BCUT2D eigenvalue weighted by atomic mass is 9.99. The first kappa shape index (κ1) is 15.4. The van der Waals surface area contributed by atoms with E-state index in [2.05, 4.69) is 10.3 Å². The predicted octanol–water partition coefficient (Wildman–Crippen LogP) is 3.77. The SMILES string of the molecule is COc1ccc(CN/C=C2\C=NCc3ccc(Cl)cc32)cc1O. The highest BCUT2D eigenvalue weighted by molar-refractivity contribution is 6.31. The summed E-state index contributed by atoms with van der Waals surface area (Å²) in [6, 6.07) is 11.2. The predicted molar refractivity (Wildman–Crippen MR) is 93.1 cm³/mol. The van der Waals surface area contributed by atoms with Gasteiger partial charge in [0.15, 0.2) is 11.5 Å². The number of methoxy groups -OCH3 is 1. The van der Waals surface area contributed by atoms with Crippen molar-refractivity contribution < 1.29 is 9.84 Å². The van der Waals surface area contributed by atoms with Crippen molar-refractivity contribution in [3.8, 4) is 11.5 Å². The highest BCUT2D eigenvalue weighted by Gasteiger charge is 2.11. The van der Waals surface area contributed by atoms with Crippen molar-refractivity contribution >= 4 is 23.4 Å². The molecule has 0 atom stereocenters. The van der Waals surface area contributed by atoms with E-state index in [9.17, 15) is 5.11 Å². The van der Waals surface area contributed by atoms with Gasteiger partial charge in [0.2, 0.25) is 0 Å². The Morgan fingerprint density at radius 3 is 2.96 bits per heavy atom. The Morgan fingerprint density at radius 2 is 2.17 bits per heavy atom. The van der Waals surface area contributed by atoms with E-state index in [1.165, 1.54) is 7.11 Å². The first-order valence-electron chi connectivity index (χ1n) is 7.25. The number of phenolic OH excluding ortho intramolecular Hbond substituents is 1. The minimum atomic E-state index is 0.135. The highest BCUT2D eigenvalue weighted by atomic mass is 35.5. The summed E-state index contributed by atoms with van der Waals surface area (Å²) in [6.45, 7) is 1.26. The molecular formula is C18H17ClN2O2. The van der Waals surface area contributed by atoms with Crippen LogP contribution in [0.15, 0.2) is 47.6 Å². The van der Waals surface area contributed by atoms with Gasteiger partial charge in [0.25, 0.3) is 0 Å². The molecule has 118 valence electrons. The van der Waals surface area contributed by atoms with E-state index in [1.54, 1.807) is 12.1 Å². The minimum Gasteiger partial charge on any atom is -0.504 e. The molecule has 2 aromatic carbocycles. The molecule has 0 bridgehead atoms. The molecule has 0 unspecified atom stereocenters. The van der Waals surface area contributed by atoms with Crippen molar-refractivity contribution in [3.05, 3.63) is 64.3 Å². The van der Waals surface area contributed by atoms with Crippen LogP contribution in [0.2, 0.25) is 5.02 Å². The van der Waals surface area contributed by atoms with Crippen molar-refractivity contribution in [1.82, 2.24) is 5.32 Å². The second-order valence-electron chi connectivity index (χ2n) is 5.26. The number of phenols is 1. The van der Waals surface area contributed by atoms with E-state index >= 15 is 0 Å². The Kier molecular flexibility index (Phi) is 4.53. The number of benzene rings is 2. The molecule has 0 saturated carbocycles. The van der Waals surface area contributed by atoms with Gasteiger partial charge in [-0.3, -0.25) is 4.99 Å². The number of nitrogens with zero attached hydrogens (tertiary/aromatic N) is 1. The summed E-state index contributed by atoms with van der Waals surface area (Å²) in [4.78, 5) is 4.36. The zero-order valence-electron chi connectivity index (χ0n) is 12.7. The van der Waals surface area contributed by atoms with E-state index < -0.39 is 0 Å². The molecule has 0 saturated heterocycles. The maximum Gasteiger partial charge on any atom is 0.160 e. The molecule has 0 aromatic heterocycles. The molecular weight excluding hydrogens is 312 g/mol. The monoisotopic (exact) mass is 328 g/mol. The molecule has 5 heteroatoms. The zero-order chi connectivity index (χ0) is 16.2. The number of fused-ring (bicyclic) bond motifs is 1. The molecule has 0 amide bonds. The van der Waals surface area contributed by atoms with Gasteiger partial charge in [-0.1, -0.05) is 23.7 Å². The van der Waals surface area contributed by atoms with Crippen LogP contribution in [0.4, 0.5) is 0 Å². The van der Waals surface area contributed by atoms with Crippen LogP contribution in [-0.4, -0.2) is 18.4 Å². The summed E-state index contributed by atoms with van der Waals surface area (Å²) in [6.07, 6.45) is 3.76. The number of allylic oxidation sites excluding steroid dienone is 1. The van der Waals surface area contributed by atoms with Crippen LogP contribution in [0.3, 0.4) is 0 Å². The molecule has 0 spiro atoms. The van der Waals surface area contributed by atoms with E-state index in [0.717, 1.165) is 22.3 Å². The average Bonchev–Trinajstić information content (AvgIpc) is 2.55. The molecule has 4 nitrogen and oxygen atoms in total. The van der Waals surface area contributed by atoms with Crippen LogP contribution < -0.4 is 10.1 Å². The van der Waals surface area contributed by atoms with Crippen molar-refractivity contribution in [1.29, 1.82) is 0 Å². The Morgan fingerprint density at radius 1 is 1.30 bits per heavy atom. The van der Waals surface area contributed by atoms with E-state index in [4.69, 9.17) is 16.3 Å². The topological polar surface area (TPSA) is 53.8 Å². The lowest BCUT2D eigenvalue weighted by molar-refractivity contribution is 0.373. The van der Waals surface area contributed by atoms with Gasteiger partial charge in [-0.05, 0) is 41.0 Å². The van der Waals surface area contributed by atoms with Gasteiger partial charge in [0.05, 0.1) is 13.7 Å². The van der Waals surface area contributed by atoms with Gasteiger partial charge >= 0.3 is 0 Å². The molecule has 1 heterocycles. The van der Waals surface area contributed by atoms with Gasteiger partial charge < -0.3 is 15.2 Å². The van der Waals surface area contributed by atoms with Crippen molar-refractivity contribution in [3.63, 3.8) is 0 Å². The largest absolute Gasteiger partial charge is 0.504 e. The molecule has 3 rings (SSSR count). The summed E-state index contributed by atoms with van der Waals surface area (Å²) in [5.41, 5.74) is 4.20. The molecule has 1 aliphatic heterocycles. The van der Waals surface area contributed by atoms with Crippen LogP contribution in [0.25, 0.3) is 5.57 Å². The third-order valence-corrected chi connectivity index (χ3v) is 3.92. The van der Waals surface area contributed by atoms with Gasteiger partial charge in [0, 0.05) is 29.6 Å². The second kappa shape index (κ2) is 6.75. The molecule has 23 heavy (non-hydrogen) atoms. The number of hydrogen-bond donors (Lipinski definition) is 2. The first-order valence-corrected chi connectivity index (χ1v) is 7.63. The van der Waals surface area contributed by atoms with Gasteiger partial charge in [-0.25, -0.2) is 0 Å². The first-order chi connectivity index (χ1) is 11.2. The van der Waals surface area contributed by atoms with Gasteiger partial charge in [-0.2, -0.15) is 0 Å². The normalized spacial score (nSPS) is 14.6. The van der Waals surface area contributed by atoms with Crippen LogP contribution >= 0.6 is 11.6 Å². The number of ether oxygens (including phenoxy) is 1. The average molecular weight is 329 g/mol. The quantitative estimate of drug-likeness (QED) is 0.898. The fraction of sp³-hybridized carbons (Fsp3) is 0.167. The number of aromatic hydroxyl groups is 1. The zero-order valence-corrected chi connectivity index (χ0v) is 13.5. The smallest absolute Gasteiger partial charge is 0.160 e. The van der Waals surface area contributed by atoms with Crippen LogP contribution in [0, 0.1) is 0 Å². The van der Waals surface area contributed by atoms with Crippen molar-refractivity contribution in [2.45, 2.75) is 13.1 Å². The number of halogens is 1. The van der Waals surface area contributed by atoms with E-state index in [0.29, 0.717) is 23.9 Å². The van der Waals surface area contributed by atoms with E-state index in [-0.39, 0.29) is 5.75 Å². The van der Waals surface area contributed by atoms with Gasteiger partial charge in [0.1, 0.15) is 0 Å². The Hall–Kier alpha value is -2.46. The highest BCUT2D eigenvalue weighted by Crippen LogP contribution is 2.27. The third kappa shape index (κ3) is 3.48. The summed E-state index contributed by atoms with van der Waals surface area (Å²) < 4.78 is 5.04. The number of aliphatic imine (C=N–C) groups is 1. The molecule has 0 fully saturated rings. The summed E-state index contributed by atoms with van der Waals surface area (Å²) in [7, 11) is 1.53. The fourth-order valence-electron chi connectivity index (χ4n) is 2.51. The lowest BCUT2D eigenvalue weighted by Crippen LogP contribution is -2.08. The number of hydrogen-bond acceptors (Lipinski definition) is 4. The van der Waals surface area contributed by atoms with Crippen LogP contribution in [0.5, 0.6) is 11.5 Å². The van der Waals surface area contributed by atoms with E-state index in [1.807, 2.05) is 36.7 Å². The van der Waals surface area contributed by atoms with Crippen molar-refractivity contribution in [2.24, 2.45) is 4.99 Å². The molecule has 0 radical (unpaired) electrons. The van der Waals surface area contributed by atoms with Crippen molar-refractivity contribution in [2.75, 3.05) is 7.11 Å². The summed E-state index contributed by atoms with van der Waals surface area (Å²) >= 11 is 6.09. The van der Waals surface area contributed by atoms with Gasteiger partial charge in [-0.15, -0.1) is 0 Å². The standard InChI is InChI=1S/C18H17ClN2O2/c1-23-18-5-2-12(6-17(18)22)8-20-10-14-11-21-9-13-3-4-15(19)7-16(13)14/h2-7,10-11,20,22H,8-9H2,1H3/b14-10+. The second-order valence-corrected chi connectivity index (χ2v) is 5.69. The Labute approximate surface area is 140 Å². The fourth-order valence-corrected chi connectivity index (χ4v) is 2.68. The minimum absolute atomic E-state index is 0.135. The van der Waals surface area contributed by atoms with Crippen LogP contribution in [0.1, 0.15) is 16.7 Å². The summed E-state index contributed by atoms with van der Waals surface area (Å²) in [5, 5.41) is 13.8. The maximum absolute atomic E-state index is 9.80. The molecule has 2 N–H and O–H groups in total. The maximum atomic E-state index is 9.80. The molecule has 2 aromatic rings. The number of nitrogens with one attached hydrogen (secondary N) is 1. The number of rotatable bonds is 4. The summed E-state index contributed by atoms with van der Waals surface area (Å²) in [5.74, 6) is 0.603. The Balaban J connectivity index is 1.74. The molecule has 0 aliphatic carbocycles. The Bertz CT molecular complexity index is 785. The third-order valence-electron chi connectivity index (χ3n) is 3.68. The lowest BCUT2D eigenvalue weighted by Gasteiger charge is -2.14. The van der Waals surface area contributed by atoms with Crippen LogP contribution in [-0.2, 0) is 13.1 Å². The molecule has 1 aliphatic rings.